The fraction of sp³-hybridized carbons (Fsp3) is 0.158. The van der Waals surface area contributed by atoms with Crippen molar-refractivity contribution in [2.75, 3.05) is 18.9 Å². The molecule has 28 heavy (non-hydrogen) atoms. The van der Waals surface area contributed by atoms with Crippen LogP contribution in [0.5, 0.6) is 0 Å². The fourth-order valence-electron chi connectivity index (χ4n) is 2.42. The number of halogens is 3. The van der Waals surface area contributed by atoms with Crippen molar-refractivity contribution >= 4 is 17.4 Å². The summed E-state index contributed by atoms with van der Waals surface area (Å²) in [6.45, 7) is 0.477. The molecule has 9 heteroatoms. The number of carbonyl (C=O) groups excluding carboxylic acids is 1. The van der Waals surface area contributed by atoms with Gasteiger partial charge < -0.3 is 10.2 Å². The van der Waals surface area contributed by atoms with Gasteiger partial charge in [0.15, 0.2) is 29.0 Å². The van der Waals surface area contributed by atoms with Gasteiger partial charge in [-0.25, -0.2) is 13.2 Å². The molecule has 0 radical (unpaired) electrons. The summed E-state index contributed by atoms with van der Waals surface area (Å²) >= 11 is 0. The highest BCUT2D eigenvalue weighted by molar-refractivity contribution is 5.92. The molecule has 3 aromatic rings. The number of nitrogens with one attached hydrogen (secondary N) is 1. The zero-order valence-electron chi connectivity index (χ0n) is 14.9. The van der Waals surface area contributed by atoms with E-state index in [2.05, 4.69) is 20.5 Å². The smallest absolute Gasteiger partial charge is 0.274 e. The molecule has 3 rings (SSSR count). The van der Waals surface area contributed by atoms with Crippen LogP contribution in [0.1, 0.15) is 16.1 Å². The molecule has 0 aliphatic heterocycles. The van der Waals surface area contributed by atoms with Crippen molar-refractivity contribution in [3.63, 3.8) is 0 Å². The van der Waals surface area contributed by atoms with E-state index in [0.29, 0.717) is 13.0 Å². The van der Waals surface area contributed by atoms with E-state index < -0.39 is 17.5 Å². The number of amides is 1. The summed E-state index contributed by atoms with van der Waals surface area (Å²) in [6.07, 6.45) is 4.03. The Morgan fingerprint density at radius 1 is 1.00 bits per heavy atom. The molecule has 0 saturated heterocycles. The molecule has 0 atom stereocenters. The fourth-order valence-corrected chi connectivity index (χ4v) is 2.42. The van der Waals surface area contributed by atoms with E-state index in [1.807, 2.05) is 12.1 Å². The summed E-state index contributed by atoms with van der Waals surface area (Å²) in [6, 6.07) is 8.40. The van der Waals surface area contributed by atoms with Crippen LogP contribution < -0.4 is 5.32 Å². The summed E-state index contributed by atoms with van der Waals surface area (Å²) < 4.78 is 39.9. The molecule has 6 nitrogen and oxygen atoms in total. The van der Waals surface area contributed by atoms with Crippen molar-refractivity contribution in [3.05, 3.63) is 77.5 Å². The largest absolute Gasteiger partial charge is 0.340 e. The summed E-state index contributed by atoms with van der Waals surface area (Å²) in [5.41, 5.74) is 0.865. The van der Waals surface area contributed by atoms with Crippen LogP contribution in [0.15, 0.2) is 48.8 Å². The van der Waals surface area contributed by atoms with Gasteiger partial charge in [-0.2, -0.15) is 0 Å². The molecule has 1 amide bonds. The minimum Gasteiger partial charge on any atom is -0.340 e. The quantitative estimate of drug-likeness (QED) is 0.657. The molecule has 2 aromatic heterocycles. The maximum atomic E-state index is 13.7. The van der Waals surface area contributed by atoms with Gasteiger partial charge in [0.1, 0.15) is 0 Å². The molecule has 1 aromatic carbocycles. The number of carbonyl (C=O) groups is 1. The van der Waals surface area contributed by atoms with Crippen LogP contribution >= 0.6 is 0 Å². The number of hydrogen-bond donors (Lipinski definition) is 1. The number of likely N-dealkylation sites (N-methyl/N-ethyl adjacent to an activating group) is 1. The van der Waals surface area contributed by atoms with E-state index in [9.17, 15) is 18.0 Å². The van der Waals surface area contributed by atoms with Crippen LogP contribution in [0.2, 0.25) is 0 Å². The van der Waals surface area contributed by atoms with E-state index in [4.69, 9.17) is 0 Å². The van der Waals surface area contributed by atoms with Crippen molar-refractivity contribution in [3.8, 4) is 0 Å². The summed E-state index contributed by atoms with van der Waals surface area (Å²) in [4.78, 5) is 17.9. The monoisotopic (exact) mass is 387 g/mol. The van der Waals surface area contributed by atoms with E-state index in [0.717, 1.165) is 17.7 Å². The lowest BCUT2D eigenvalue weighted by Gasteiger charge is -2.16. The number of hydrogen-bond acceptors (Lipinski definition) is 5. The topological polar surface area (TPSA) is 71.0 Å². The molecule has 0 bridgehead atoms. The molecule has 0 aliphatic carbocycles. The number of nitrogens with zero attached hydrogens (tertiary/aromatic N) is 4. The molecule has 1 N–H and O–H groups in total. The van der Waals surface area contributed by atoms with Gasteiger partial charge in [-0.3, -0.25) is 9.78 Å². The Hall–Kier alpha value is -3.49. The van der Waals surface area contributed by atoms with E-state index >= 15 is 0 Å². The van der Waals surface area contributed by atoms with Gasteiger partial charge in [-0.05, 0) is 48.4 Å². The average Bonchev–Trinajstić information content (AvgIpc) is 2.73. The minimum absolute atomic E-state index is 0.0842. The van der Waals surface area contributed by atoms with Gasteiger partial charge in [-0.1, -0.05) is 0 Å². The van der Waals surface area contributed by atoms with Crippen molar-refractivity contribution in [1.82, 2.24) is 20.1 Å². The zero-order chi connectivity index (χ0) is 20.1. The highest BCUT2D eigenvalue weighted by Gasteiger charge is 2.16. The number of benzene rings is 1. The van der Waals surface area contributed by atoms with Crippen LogP contribution in [0.3, 0.4) is 0 Å². The Balaban J connectivity index is 1.63. The van der Waals surface area contributed by atoms with Gasteiger partial charge in [0.05, 0.1) is 5.69 Å². The first-order valence-corrected chi connectivity index (χ1v) is 8.34. The second-order valence-corrected chi connectivity index (χ2v) is 5.98. The van der Waals surface area contributed by atoms with Crippen molar-refractivity contribution < 1.29 is 18.0 Å². The molecule has 144 valence electrons. The minimum atomic E-state index is -1.58. The van der Waals surface area contributed by atoms with Crippen LogP contribution in [0.25, 0.3) is 0 Å². The Morgan fingerprint density at radius 2 is 1.75 bits per heavy atom. The predicted molar refractivity (Wildman–Crippen MR) is 96.5 cm³/mol. The van der Waals surface area contributed by atoms with E-state index in [-0.39, 0.29) is 23.1 Å². The van der Waals surface area contributed by atoms with Crippen molar-refractivity contribution in [2.24, 2.45) is 0 Å². The number of pyridine rings is 1. The van der Waals surface area contributed by atoms with Crippen LogP contribution in [-0.2, 0) is 6.42 Å². The summed E-state index contributed by atoms with van der Waals surface area (Å²) in [5, 5.41) is 10.1. The van der Waals surface area contributed by atoms with Gasteiger partial charge >= 0.3 is 0 Å². The predicted octanol–water partition coefficient (Wildman–Crippen LogP) is 3.35. The number of aromatic nitrogens is 3. The lowest BCUT2D eigenvalue weighted by Crippen LogP contribution is -2.29. The van der Waals surface area contributed by atoms with E-state index in [1.54, 1.807) is 19.4 Å². The lowest BCUT2D eigenvalue weighted by atomic mass is 10.2. The molecule has 2 heterocycles. The molecule has 0 saturated carbocycles. The number of rotatable bonds is 6. The van der Waals surface area contributed by atoms with Crippen LogP contribution in [0, 0.1) is 17.5 Å². The molecule has 0 fully saturated rings. The van der Waals surface area contributed by atoms with E-state index in [1.165, 1.54) is 17.0 Å². The molecule has 0 spiro atoms. The second-order valence-electron chi connectivity index (χ2n) is 5.98. The third-order valence-corrected chi connectivity index (χ3v) is 4.01. The molecule has 0 aliphatic rings. The first kappa shape index (κ1) is 19.3. The Kier molecular flexibility index (Phi) is 5.83. The number of anilines is 2. The lowest BCUT2D eigenvalue weighted by molar-refractivity contribution is 0.0789. The maximum absolute atomic E-state index is 13.7. The maximum Gasteiger partial charge on any atom is 0.274 e. The SMILES string of the molecule is CN(CCc1ccncc1)C(=O)c1ccc(Nc2ccc(F)c(F)c2F)nn1. The summed E-state index contributed by atoms with van der Waals surface area (Å²) in [5.74, 6) is -4.48. The third-order valence-electron chi connectivity index (χ3n) is 4.01. The Labute approximate surface area is 159 Å². The molecular formula is C19H16F3N5O. The normalized spacial score (nSPS) is 10.6. The van der Waals surface area contributed by atoms with Crippen LogP contribution in [-0.4, -0.2) is 39.6 Å². The van der Waals surface area contributed by atoms with Gasteiger partial charge in [-0.15, -0.1) is 10.2 Å². The first-order valence-electron chi connectivity index (χ1n) is 8.34. The average molecular weight is 387 g/mol. The Morgan fingerprint density at radius 3 is 2.43 bits per heavy atom. The highest BCUT2D eigenvalue weighted by Crippen LogP contribution is 2.22. The first-order chi connectivity index (χ1) is 13.5. The zero-order valence-corrected chi connectivity index (χ0v) is 14.9. The highest BCUT2D eigenvalue weighted by atomic mass is 19.2. The van der Waals surface area contributed by atoms with Gasteiger partial charge in [0.25, 0.3) is 5.91 Å². The Bertz CT molecular complexity index is 967. The van der Waals surface area contributed by atoms with Gasteiger partial charge in [0, 0.05) is 26.0 Å². The van der Waals surface area contributed by atoms with Crippen molar-refractivity contribution in [1.29, 1.82) is 0 Å². The summed E-state index contributed by atoms with van der Waals surface area (Å²) in [7, 11) is 1.65. The van der Waals surface area contributed by atoms with Gasteiger partial charge in [0.2, 0.25) is 0 Å². The third kappa shape index (κ3) is 4.43. The second kappa shape index (κ2) is 8.47. The molecular weight excluding hydrogens is 371 g/mol. The standard InChI is InChI=1S/C19H16F3N5O/c1-27(11-8-12-6-9-23-10-7-12)19(28)15-4-5-16(26-25-15)24-14-3-2-13(20)17(21)18(14)22/h2-7,9-10H,8,11H2,1H3,(H,24,26). The van der Waals surface area contributed by atoms with Crippen LogP contribution in [0.4, 0.5) is 24.7 Å². The molecule has 0 unspecified atom stereocenters. The van der Waals surface area contributed by atoms with Crippen molar-refractivity contribution in [2.45, 2.75) is 6.42 Å².